The standard InChI is InChI=1S/C23H30FN3OS/c24-29-16-15-28-22-7-6-20-5-4-19(17-21(20)18-22)8-10-26-11-13-27(14-12-26)23-3-1-2-9-25-23/h1-3,6-7,9,18-19H,4-5,8,10-17H2. The summed E-state index contributed by atoms with van der Waals surface area (Å²) in [7, 11) is 0. The molecule has 1 unspecified atom stereocenters. The lowest BCUT2D eigenvalue weighted by Crippen LogP contribution is -2.47. The van der Waals surface area contributed by atoms with Crippen LogP contribution in [0.25, 0.3) is 0 Å². The molecule has 2 aromatic rings. The molecule has 29 heavy (non-hydrogen) atoms. The lowest BCUT2D eigenvalue weighted by Gasteiger charge is -2.36. The van der Waals surface area contributed by atoms with E-state index in [4.69, 9.17) is 4.74 Å². The van der Waals surface area contributed by atoms with E-state index in [9.17, 15) is 3.89 Å². The van der Waals surface area contributed by atoms with Crippen LogP contribution in [0.15, 0.2) is 42.6 Å². The zero-order valence-corrected chi connectivity index (χ0v) is 17.7. The van der Waals surface area contributed by atoms with Gasteiger partial charge in [-0.2, -0.15) is 3.89 Å². The minimum Gasteiger partial charge on any atom is -0.493 e. The zero-order valence-electron chi connectivity index (χ0n) is 16.9. The minimum absolute atomic E-state index is 0.333. The lowest BCUT2D eigenvalue weighted by atomic mass is 9.82. The molecule has 0 saturated carbocycles. The predicted octanol–water partition coefficient (Wildman–Crippen LogP) is 4.40. The first-order valence-electron chi connectivity index (χ1n) is 10.7. The largest absolute Gasteiger partial charge is 0.493 e. The number of ether oxygens (including phenoxy) is 1. The highest BCUT2D eigenvalue weighted by Crippen LogP contribution is 2.30. The SMILES string of the molecule is FSCCOc1ccc2c(c1)CC(CCN1CCN(c3ccccn3)CC1)CC2. The number of aromatic nitrogens is 1. The van der Waals surface area contributed by atoms with Gasteiger partial charge in [0.15, 0.2) is 0 Å². The van der Waals surface area contributed by atoms with Gasteiger partial charge in [0.1, 0.15) is 11.6 Å². The Morgan fingerprint density at radius 3 is 2.79 bits per heavy atom. The van der Waals surface area contributed by atoms with Gasteiger partial charge >= 0.3 is 0 Å². The van der Waals surface area contributed by atoms with E-state index in [0.717, 1.165) is 56.5 Å². The fraction of sp³-hybridized carbons (Fsp3) is 0.522. The first kappa shape index (κ1) is 20.5. The van der Waals surface area contributed by atoms with Gasteiger partial charge in [-0.1, -0.05) is 12.1 Å². The van der Waals surface area contributed by atoms with Crippen molar-refractivity contribution in [3.63, 3.8) is 0 Å². The third-order valence-electron chi connectivity index (χ3n) is 6.14. The molecule has 1 aromatic carbocycles. The minimum atomic E-state index is 0.333. The molecule has 6 heteroatoms. The molecule has 4 nitrogen and oxygen atoms in total. The maximum Gasteiger partial charge on any atom is 0.128 e. The van der Waals surface area contributed by atoms with E-state index < -0.39 is 0 Å². The van der Waals surface area contributed by atoms with Crippen LogP contribution in [0.2, 0.25) is 0 Å². The highest BCUT2D eigenvalue weighted by atomic mass is 32.2. The summed E-state index contributed by atoms with van der Waals surface area (Å²) >= 11 is 0.333. The average molecular weight is 416 g/mol. The molecule has 0 N–H and O–H groups in total. The van der Waals surface area contributed by atoms with Gasteiger partial charge in [-0.3, -0.25) is 4.90 Å². The molecule has 1 aliphatic heterocycles. The zero-order chi connectivity index (χ0) is 19.9. The van der Waals surface area contributed by atoms with Crippen molar-refractivity contribution in [3.8, 4) is 5.75 Å². The second-order valence-corrected chi connectivity index (χ2v) is 8.63. The molecule has 1 atom stereocenters. The molecular weight excluding hydrogens is 385 g/mol. The number of anilines is 1. The average Bonchev–Trinajstić information content (AvgIpc) is 2.78. The number of rotatable bonds is 8. The van der Waals surface area contributed by atoms with Crippen molar-refractivity contribution in [2.75, 3.05) is 50.0 Å². The molecule has 1 aliphatic carbocycles. The molecular formula is C23H30FN3OS. The predicted molar refractivity (Wildman–Crippen MR) is 119 cm³/mol. The van der Waals surface area contributed by atoms with Gasteiger partial charge in [0.05, 0.1) is 12.4 Å². The second kappa shape index (κ2) is 10.3. The van der Waals surface area contributed by atoms with Crippen LogP contribution < -0.4 is 9.64 Å². The molecule has 1 fully saturated rings. The molecule has 2 aliphatic rings. The van der Waals surface area contributed by atoms with Gasteiger partial charge in [-0.15, -0.1) is 0 Å². The summed E-state index contributed by atoms with van der Waals surface area (Å²) in [6.07, 6.45) is 6.71. The molecule has 156 valence electrons. The number of fused-ring (bicyclic) bond motifs is 1. The Labute approximate surface area is 177 Å². The summed E-state index contributed by atoms with van der Waals surface area (Å²) in [5.74, 6) is 3.10. The monoisotopic (exact) mass is 415 g/mol. The Morgan fingerprint density at radius 2 is 2.00 bits per heavy atom. The van der Waals surface area contributed by atoms with Crippen LogP contribution in [0.3, 0.4) is 0 Å². The van der Waals surface area contributed by atoms with E-state index in [1.807, 2.05) is 18.3 Å². The maximum atomic E-state index is 12.2. The number of aryl methyl sites for hydroxylation is 1. The van der Waals surface area contributed by atoms with E-state index >= 15 is 0 Å². The molecule has 0 amide bonds. The van der Waals surface area contributed by atoms with Crippen molar-refractivity contribution < 1.29 is 8.62 Å². The third kappa shape index (κ3) is 5.64. The molecule has 1 saturated heterocycles. The number of piperazine rings is 1. The Balaban J connectivity index is 1.23. The first-order chi connectivity index (χ1) is 14.3. The number of halogens is 1. The van der Waals surface area contributed by atoms with Gasteiger partial charge in [0, 0.05) is 44.5 Å². The van der Waals surface area contributed by atoms with Crippen molar-refractivity contribution in [1.29, 1.82) is 0 Å². The van der Waals surface area contributed by atoms with Crippen molar-refractivity contribution in [1.82, 2.24) is 9.88 Å². The first-order valence-corrected chi connectivity index (χ1v) is 11.6. The molecule has 0 bridgehead atoms. The van der Waals surface area contributed by atoms with Crippen LogP contribution in [-0.4, -0.2) is 55.0 Å². The van der Waals surface area contributed by atoms with Gasteiger partial charge in [-0.25, -0.2) is 4.98 Å². The van der Waals surface area contributed by atoms with Crippen molar-refractivity contribution in [3.05, 3.63) is 53.7 Å². The van der Waals surface area contributed by atoms with E-state index in [-0.39, 0.29) is 0 Å². The summed E-state index contributed by atoms with van der Waals surface area (Å²) in [4.78, 5) is 9.46. The van der Waals surface area contributed by atoms with Crippen LogP contribution in [-0.2, 0) is 12.8 Å². The summed E-state index contributed by atoms with van der Waals surface area (Å²) in [5, 5.41) is 0. The Hall–Kier alpha value is -1.79. The quantitative estimate of drug-likeness (QED) is 0.596. The molecule has 1 aromatic heterocycles. The van der Waals surface area contributed by atoms with Crippen molar-refractivity contribution in [2.45, 2.75) is 25.7 Å². The van der Waals surface area contributed by atoms with Crippen LogP contribution in [0.5, 0.6) is 5.75 Å². The van der Waals surface area contributed by atoms with E-state index in [2.05, 4.69) is 39.0 Å². The smallest absolute Gasteiger partial charge is 0.128 e. The topological polar surface area (TPSA) is 28.6 Å². The maximum absolute atomic E-state index is 12.2. The Kier molecular flexibility index (Phi) is 7.28. The molecule has 4 rings (SSSR count). The Bertz CT molecular complexity index is 768. The third-order valence-corrected chi connectivity index (χ3v) is 6.46. The van der Waals surface area contributed by atoms with Gasteiger partial charge < -0.3 is 9.64 Å². The van der Waals surface area contributed by atoms with Crippen LogP contribution in [0.4, 0.5) is 9.70 Å². The van der Waals surface area contributed by atoms with E-state index in [0.29, 0.717) is 24.5 Å². The van der Waals surface area contributed by atoms with Gasteiger partial charge in [0.25, 0.3) is 0 Å². The molecule has 2 heterocycles. The van der Waals surface area contributed by atoms with E-state index in [1.54, 1.807) is 0 Å². The number of hydrogen-bond acceptors (Lipinski definition) is 5. The molecule has 0 radical (unpaired) electrons. The Morgan fingerprint density at radius 1 is 1.10 bits per heavy atom. The molecule has 0 spiro atoms. The highest BCUT2D eigenvalue weighted by Gasteiger charge is 2.22. The van der Waals surface area contributed by atoms with Crippen LogP contribution in [0.1, 0.15) is 24.0 Å². The fourth-order valence-corrected chi connectivity index (χ4v) is 4.59. The lowest BCUT2D eigenvalue weighted by molar-refractivity contribution is 0.232. The summed E-state index contributed by atoms with van der Waals surface area (Å²) in [6.45, 7) is 5.95. The van der Waals surface area contributed by atoms with Crippen molar-refractivity contribution >= 4 is 18.0 Å². The highest BCUT2D eigenvalue weighted by molar-refractivity contribution is 7.94. The van der Waals surface area contributed by atoms with E-state index in [1.165, 1.54) is 30.5 Å². The van der Waals surface area contributed by atoms with Crippen molar-refractivity contribution in [2.24, 2.45) is 5.92 Å². The number of hydrogen-bond donors (Lipinski definition) is 0. The summed E-state index contributed by atoms with van der Waals surface area (Å²) in [5.41, 5.74) is 2.88. The fourth-order valence-electron chi connectivity index (χ4n) is 4.44. The normalized spacial score (nSPS) is 19.8. The van der Waals surface area contributed by atoms with Gasteiger partial charge in [0.2, 0.25) is 0 Å². The number of pyridine rings is 1. The number of nitrogens with zero attached hydrogens (tertiary/aromatic N) is 3. The second-order valence-electron chi connectivity index (χ2n) is 8.01. The van der Waals surface area contributed by atoms with Gasteiger partial charge in [-0.05, 0) is 73.5 Å². The summed E-state index contributed by atoms with van der Waals surface area (Å²) < 4.78 is 17.9. The van der Waals surface area contributed by atoms with Crippen LogP contribution in [0, 0.1) is 5.92 Å². The van der Waals surface area contributed by atoms with Crippen LogP contribution >= 0.6 is 12.1 Å². The summed E-state index contributed by atoms with van der Waals surface area (Å²) in [6, 6.07) is 12.5. The number of benzene rings is 1.